The highest BCUT2D eigenvalue weighted by molar-refractivity contribution is 6.06. The molecule has 0 heterocycles. The molecule has 1 rings (SSSR count). The maximum Gasteiger partial charge on any atom is 0.181 e. The molecule has 0 aromatic rings. The maximum absolute atomic E-state index is 11.2. The first-order valence-electron chi connectivity index (χ1n) is 8.53. The van der Waals surface area contributed by atoms with Crippen LogP contribution in [0.5, 0.6) is 0 Å². The molecule has 0 fully saturated rings. The van der Waals surface area contributed by atoms with Gasteiger partial charge >= 0.3 is 0 Å². The van der Waals surface area contributed by atoms with Crippen molar-refractivity contribution in [3.05, 3.63) is 48.1 Å². The molecule has 0 saturated heterocycles. The van der Waals surface area contributed by atoms with Gasteiger partial charge < -0.3 is 5.11 Å². The lowest BCUT2D eigenvalue weighted by molar-refractivity contribution is -0.111. The Labute approximate surface area is 136 Å². The standard InChI is InChI=1S/C13H18O.C7H14O/c1-2-3-4-5-6-7-9-12-10-8-11-13(12)14;1-2-3-4-5-6-7-8/h3-4,8-9,11H,2,5-7,10H2,1H3;2-3,8H,4-7H2,1H3/b4-3-,12-9+;3-2-. The molecule has 0 radical (unpaired) electrons. The molecule has 0 bridgehead atoms. The molecule has 0 aromatic carbocycles. The third-order valence-corrected chi connectivity index (χ3v) is 3.31. The van der Waals surface area contributed by atoms with Gasteiger partial charge in [0, 0.05) is 6.61 Å². The van der Waals surface area contributed by atoms with Crippen molar-refractivity contribution < 1.29 is 9.90 Å². The fourth-order valence-electron chi connectivity index (χ4n) is 2.02. The van der Waals surface area contributed by atoms with Crippen LogP contribution in [-0.2, 0) is 4.79 Å². The molecular formula is C20H32O2. The molecule has 124 valence electrons. The van der Waals surface area contributed by atoms with Crippen LogP contribution in [0.1, 0.15) is 65.2 Å². The number of rotatable bonds is 9. The summed E-state index contributed by atoms with van der Waals surface area (Å²) in [5.74, 6) is 0.203. The van der Waals surface area contributed by atoms with Crippen LogP contribution < -0.4 is 0 Å². The molecule has 22 heavy (non-hydrogen) atoms. The zero-order valence-electron chi connectivity index (χ0n) is 14.3. The molecule has 0 saturated carbocycles. The highest BCUT2D eigenvalue weighted by Gasteiger charge is 2.08. The van der Waals surface area contributed by atoms with E-state index in [1.54, 1.807) is 6.08 Å². The van der Waals surface area contributed by atoms with Gasteiger partial charge in [0.05, 0.1) is 0 Å². The van der Waals surface area contributed by atoms with Gasteiger partial charge in [-0.2, -0.15) is 0 Å². The van der Waals surface area contributed by atoms with E-state index in [4.69, 9.17) is 5.11 Å². The topological polar surface area (TPSA) is 37.3 Å². The first kappa shape index (κ1) is 20.6. The van der Waals surface area contributed by atoms with Gasteiger partial charge in [0.25, 0.3) is 0 Å². The smallest absolute Gasteiger partial charge is 0.181 e. The molecule has 1 aliphatic rings. The van der Waals surface area contributed by atoms with Crippen molar-refractivity contribution in [1.29, 1.82) is 0 Å². The van der Waals surface area contributed by atoms with Gasteiger partial charge in [0.2, 0.25) is 0 Å². The Morgan fingerprint density at radius 1 is 1.09 bits per heavy atom. The zero-order chi connectivity index (χ0) is 16.5. The predicted molar refractivity (Wildman–Crippen MR) is 95.9 cm³/mol. The second-order valence-corrected chi connectivity index (χ2v) is 5.30. The van der Waals surface area contributed by atoms with Crippen LogP contribution in [0.3, 0.4) is 0 Å². The number of ketones is 1. The number of aliphatic hydroxyl groups excluding tert-OH is 1. The third kappa shape index (κ3) is 12.3. The van der Waals surface area contributed by atoms with Crippen LogP contribution in [0, 0.1) is 0 Å². The summed E-state index contributed by atoms with van der Waals surface area (Å²) in [4.78, 5) is 11.2. The number of hydrogen-bond acceptors (Lipinski definition) is 2. The quantitative estimate of drug-likeness (QED) is 0.356. The molecular weight excluding hydrogens is 272 g/mol. The summed E-state index contributed by atoms with van der Waals surface area (Å²) in [6, 6.07) is 0. The molecule has 0 atom stereocenters. The number of carbonyl (C=O) groups is 1. The van der Waals surface area contributed by atoms with E-state index < -0.39 is 0 Å². The lowest BCUT2D eigenvalue weighted by Crippen LogP contribution is -1.90. The maximum atomic E-state index is 11.2. The summed E-state index contributed by atoms with van der Waals surface area (Å²) in [6.45, 7) is 4.48. The van der Waals surface area contributed by atoms with Crippen LogP contribution >= 0.6 is 0 Å². The van der Waals surface area contributed by atoms with Crippen molar-refractivity contribution in [2.45, 2.75) is 65.2 Å². The Bertz CT molecular complexity index is 387. The summed E-state index contributed by atoms with van der Waals surface area (Å²) in [7, 11) is 0. The fraction of sp³-hybridized carbons (Fsp3) is 0.550. The molecule has 0 spiro atoms. The number of hydrogen-bond donors (Lipinski definition) is 1. The Kier molecular flexibility index (Phi) is 14.9. The largest absolute Gasteiger partial charge is 0.396 e. The average molecular weight is 304 g/mol. The normalized spacial score (nSPS) is 16.0. The van der Waals surface area contributed by atoms with Gasteiger partial charge in [0.15, 0.2) is 5.78 Å². The van der Waals surface area contributed by atoms with E-state index in [1.165, 1.54) is 0 Å². The Balaban J connectivity index is 0.000000472. The Morgan fingerprint density at radius 3 is 2.45 bits per heavy atom. The van der Waals surface area contributed by atoms with E-state index in [-0.39, 0.29) is 5.78 Å². The van der Waals surface area contributed by atoms with Crippen molar-refractivity contribution in [3.63, 3.8) is 0 Å². The van der Waals surface area contributed by atoms with Crippen molar-refractivity contribution in [2.24, 2.45) is 0 Å². The van der Waals surface area contributed by atoms with Crippen LogP contribution in [0.15, 0.2) is 48.1 Å². The molecule has 1 aliphatic carbocycles. The minimum Gasteiger partial charge on any atom is -0.396 e. The van der Waals surface area contributed by atoms with E-state index >= 15 is 0 Å². The van der Waals surface area contributed by atoms with Crippen molar-refractivity contribution in [3.8, 4) is 0 Å². The van der Waals surface area contributed by atoms with Crippen molar-refractivity contribution >= 4 is 5.78 Å². The average Bonchev–Trinajstić information content (AvgIpc) is 2.93. The van der Waals surface area contributed by atoms with Gasteiger partial charge in [-0.05, 0) is 69.9 Å². The van der Waals surface area contributed by atoms with E-state index in [1.807, 2.05) is 19.1 Å². The van der Waals surface area contributed by atoms with Gasteiger partial charge in [0.1, 0.15) is 0 Å². The first-order valence-corrected chi connectivity index (χ1v) is 8.53. The van der Waals surface area contributed by atoms with E-state index in [2.05, 4.69) is 31.2 Å². The monoisotopic (exact) mass is 304 g/mol. The fourth-order valence-corrected chi connectivity index (χ4v) is 2.02. The van der Waals surface area contributed by atoms with Gasteiger partial charge in [-0.25, -0.2) is 0 Å². The molecule has 0 amide bonds. The Morgan fingerprint density at radius 2 is 1.86 bits per heavy atom. The summed E-state index contributed by atoms with van der Waals surface area (Å²) < 4.78 is 0. The Hall–Kier alpha value is -1.41. The summed E-state index contributed by atoms with van der Waals surface area (Å²) in [5, 5.41) is 8.34. The predicted octanol–water partition coefficient (Wildman–Crippen LogP) is 5.30. The van der Waals surface area contributed by atoms with Gasteiger partial charge in [-0.15, -0.1) is 0 Å². The van der Waals surface area contributed by atoms with E-state index in [0.717, 1.165) is 56.9 Å². The molecule has 0 aliphatic heterocycles. The minimum atomic E-state index is 0.203. The number of aliphatic hydroxyl groups is 1. The van der Waals surface area contributed by atoms with Crippen LogP contribution in [0.2, 0.25) is 0 Å². The van der Waals surface area contributed by atoms with Crippen LogP contribution in [-0.4, -0.2) is 17.5 Å². The minimum absolute atomic E-state index is 0.203. The number of allylic oxidation sites excluding steroid dienone is 8. The molecule has 0 unspecified atom stereocenters. The molecule has 2 nitrogen and oxygen atoms in total. The summed E-state index contributed by atoms with van der Waals surface area (Å²) >= 11 is 0. The molecule has 0 aromatic heterocycles. The second kappa shape index (κ2) is 16.0. The molecule has 1 N–H and O–H groups in total. The third-order valence-electron chi connectivity index (χ3n) is 3.31. The van der Waals surface area contributed by atoms with Crippen molar-refractivity contribution in [1.82, 2.24) is 0 Å². The zero-order valence-corrected chi connectivity index (χ0v) is 14.3. The van der Waals surface area contributed by atoms with Crippen molar-refractivity contribution in [2.75, 3.05) is 6.61 Å². The van der Waals surface area contributed by atoms with Crippen LogP contribution in [0.25, 0.3) is 0 Å². The van der Waals surface area contributed by atoms with E-state index in [9.17, 15) is 4.79 Å². The summed E-state index contributed by atoms with van der Waals surface area (Å²) in [6.07, 6.45) is 22.7. The highest BCUT2D eigenvalue weighted by Crippen LogP contribution is 2.14. The number of unbranched alkanes of at least 4 members (excludes halogenated alkanes) is 4. The highest BCUT2D eigenvalue weighted by atomic mass is 16.2. The lowest BCUT2D eigenvalue weighted by atomic mass is 10.1. The molecule has 2 heteroatoms. The lowest BCUT2D eigenvalue weighted by Gasteiger charge is -1.94. The SMILES string of the molecule is C/C=C\CCCCO.CC/C=C\CCC/C=C1\CC=CC1=O. The number of carbonyl (C=O) groups excluding carboxylic acids is 1. The van der Waals surface area contributed by atoms with Gasteiger partial charge in [-0.1, -0.05) is 43.4 Å². The van der Waals surface area contributed by atoms with Crippen LogP contribution in [0.4, 0.5) is 0 Å². The first-order chi connectivity index (χ1) is 10.8. The van der Waals surface area contributed by atoms with Gasteiger partial charge in [-0.3, -0.25) is 4.79 Å². The van der Waals surface area contributed by atoms with E-state index in [0.29, 0.717) is 6.61 Å². The summed E-state index contributed by atoms with van der Waals surface area (Å²) in [5.41, 5.74) is 0.976. The second-order valence-electron chi connectivity index (χ2n) is 5.30.